The van der Waals surface area contributed by atoms with Gasteiger partial charge in [-0.25, -0.2) is 0 Å². The van der Waals surface area contributed by atoms with Gasteiger partial charge in [-0.05, 0) is 6.92 Å². The standard InChI is InChI=1S/C5H9ClO2S/c1-2-8-5(7)3-9-4-6/h2-4H2,1H3. The molecule has 0 aliphatic heterocycles. The smallest absolute Gasteiger partial charge is 0.315 e. The Bertz CT molecular complexity index is 87.0. The third-order valence-electron chi connectivity index (χ3n) is 0.602. The van der Waals surface area contributed by atoms with Crippen molar-refractivity contribution in [2.45, 2.75) is 6.92 Å². The van der Waals surface area contributed by atoms with Crippen LogP contribution in [0.25, 0.3) is 0 Å². The molecule has 0 aliphatic carbocycles. The van der Waals surface area contributed by atoms with Crippen LogP contribution in [0, 0.1) is 0 Å². The molecule has 9 heavy (non-hydrogen) atoms. The molecule has 0 unspecified atom stereocenters. The first-order valence-corrected chi connectivity index (χ1v) is 4.29. The third kappa shape index (κ3) is 5.99. The summed E-state index contributed by atoms with van der Waals surface area (Å²) in [5.41, 5.74) is 0. The second kappa shape index (κ2) is 6.23. The summed E-state index contributed by atoms with van der Waals surface area (Å²) in [6.07, 6.45) is 0. The van der Waals surface area contributed by atoms with Crippen LogP contribution in [0.2, 0.25) is 0 Å². The first-order valence-electron chi connectivity index (χ1n) is 2.60. The molecule has 0 saturated heterocycles. The van der Waals surface area contributed by atoms with Gasteiger partial charge in [-0.3, -0.25) is 4.79 Å². The first-order chi connectivity index (χ1) is 4.31. The lowest BCUT2D eigenvalue weighted by Gasteiger charge is -1.97. The van der Waals surface area contributed by atoms with Crippen molar-refractivity contribution in [2.24, 2.45) is 0 Å². The normalized spacial score (nSPS) is 9.11. The average molecular weight is 169 g/mol. The number of carbonyl (C=O) groups is 1. The van der Waals surface area contributed by atoms with Gasteiger partial charge in [0, 0.05) is 0 Å². The Morgan fingerprint density at radius 1 is 1.78 bits per heavy atom. The van der Waals surface area contributed by atoms with Crippen LogP contribution in [0.3, 0.4) is 0 Å². The molecule has 0 rings (SSSR count). The number of halogens is 1. The summed E-state index contributed by atoms with van der Waals surface area (Å²) in [6.45, 7) is 2.23. The largest absolute Gasteiger partial charge is 0.465 e. The molecule has 4 heteroatoms. The van der Waals surface area contributed by atoms with E-state index in [1.165, 1.54) is 11.8 Å². The van der Waals surface area contributed by atoms with E-state index in [4.69, 9.17) is 11.6 Å². The molecule has 54 valence electrons. The number of esters is 1. The average Bonchev–Trinajstić information content (AvgIpc) is 1.85. The van der Waals surface area contributed by atoms with Gasteiger partial charge in [-0.15, -0.1) is 23.4 Å². The molecule has 0 spiro atoms. The van der Waals surface area contributed by atoms with Gasteiger partial charge in [0.1, 0.15) is 0 Å². The SMILES string of the molecule is CCOC(=O)CSCCl. The minimum absolute atomic E-state index is 0.192. The van der Waals surface area contributed by atoms with Crippen molar-refractivity contribution in [3.8, 4) is 0 Å². The molecular weight excluding hydrogens is 160 g/mol. The Morgan fingerprint density at radius 2 is 2.44 bits per heavy atom. The van der Waals surface area contributed by atoms with Gasteiger partial charge in [0.2, 0.25) is 0 Å². The molecule has 0 aromatic heterocycles. The highest BCUT2D eigenvalue weighted by Crippen LogP contribution is 2.01. The Morgan fingerprint density at radius 3 is 2.89 bits per heavy atom. The number of ether oxygens (including phenoxy) is 1. The molecule has 0 saturated carbocycles. The van der Waals surface area contributed by atoms with Gasteiger partial charge in [0.15, 0.2) is 0 Å². The number of rotatable bonds is 4. The lowest BCUT2D eigenvalue weighted by atomic mass is 10.8. The zero-order valence-electron chi connectivity index (χ0n) is 5.22. The van der Waals surface area contributed by atoms with Crippen LogP contribution >= 0.6 is 23.4 Å². The highest BCUT2D eigenvalue weighted by Gasteiger charge is 1.98. The third-order valence-corrected chi connectivity index (χ3v) is 1.66. The van der Waals surface area contributed by atoms with Crippen molar-refractivity contribution in [1.29, 1.82) is 0 Å². The van der Waals surface area contributed by atoms with E-state index in [1.807, 2.05) is 0 Å². The summed E-state index contributed by atoms with van der Waals surface area (Å²) in [5, 5.41) is 0.443. The second-order valence-electron chi connectivity index (χ2n) is 1.26. The molecule has 0 N–H and O–H groups in total. The van der Waals surface area contributed by atoms with E-state index < -0.39 is 0 Å². The van der Waals surface area contributed by atoms with Crippen LogP contribution in [0.4, 0.5) is 0 Å². The Kier molecular flexibility index (Phi) is 6.31. The minimum atomic E-state index is -0.192. The number of hydrogen-bond acceptors (Lipinski definition) is 3. The maximum absolute atomic E-state index is 10.5. The maximum Gasteiger partial charge on any atom is 0.315 e. The molecule has 2 nitrogen and oxygen atoms in total. The Hall–Kier alpha value is 0.110. The van der Waals surface area contributed by atoms with E-state index in [1.54, 1.807) is 6.92 Å². The maximum atomic E-state index is 10.5. The molecule has 0 fully saturated rings. The molecular formula is C5H9ClO2S. The lowest BCUT2D eigenvalue weighted by molar-refractivity contribution is -0.139. The zero-order valence-corrected chi connectivity index (χ0v) is 6.80. The van der Waals surface area contributed by atoms with Gasteiger partial charge in [-0.2, -0.15) is 0 Å². The molecule has 0 aliphatic rings. The van der Waals surface area contributed by atoms with Crippen molar-refractivity contribution in [3.05, 3.63) is 0 Å². The molecule has 0 amide bonds. The molecule has 0 atom stereocenters. The van der Waals surface area contributed by atoms with Gasteiger partial charge in [0.05, 0.1) is 17.6 Å². The zero-order chi connectivity index (χ0) is 7.11. The van der Waals surface area contributed by atoms with Crippen molar-refractivity contribution in [3.63, 3.8) is 0 Å². The quantitative estimate of drug-likeness (QED) is 0.470. The predicted molar refractivity (Wildman–Crippen MR) is 39.8 cm³/mol. The highest BCUT2D eigenvalue weighted by molar-refractivity contribution is 8.00. The number of carbonyl (C=O) groups excluding carboxylic acids is 1. The van der Waals surface area contributed by atoms with Gasteiger partial charge < -0.3 is 4.74 Å². The summed E-state index contributed by atoms with van der Waals surface area (Å²) in [6, 6.07) is 0. The van der Waals surface area contributed by atoms with E-state index in [2.05, 4.69) is 4.74 Å². The van der Waals surface area contributed by atoms with Crippen LogP contribution in [0.15, 0.2) is 0 Å². The molecule has 0 bridgehead atoms. The van der Waals surface area contributed by atoms with Crippen LogP contribution in [-0.4, -0.2) is 23.5 Å². The van der Waals surface area contributed by atoms with Crippen LogP contribution in [0.1, 0.15) is 6.92 Å². The summed E-state index contributed by atoms with van der Waals surface area (Å²) in [5.74, 6) is 0.167. The van der Waals surface area contributed by atoms with E-state index in [0.717, 1.165) is 0 Å². The minimum Gasteiger partial charge on any atom is -0.465 e. The van der Waals surface area contributed by atoms with E-state index in [-0.39, 0.29) is 5.97 Å². The van der Waals surface area contributed by atoms with Crippen molar-refractivity contribution in [2.75, 3.05) is 17.6 Å². The summed E-state index contributed by atoms with van der Waals surface area (Å²) < 4.78 is 4.63. The highest BCUT2D eigenvalue weighted by atomic mass is 35.5. The number of alkyl halides is 1. The van der Waals surface area contributed by atoms with Gasteiger partial charge in [0.25, 0.3) is 0 Å². The van der Waals surface area contributed by atoms with Gasteiger partial charge in [-0.1, -0.05) is 0 Å². The molecule has 0 aromatic carbocycles. The summed E-state index contributed by atoms with van der Waals surface area (Å²) >= 11 is 6.65. The lowest BCUT2D eigenvalue weighted by Crippen LogP contribution is -2.06. The van der Waals surface area contributed by atoms with E-state index in [9.17, 15) is 4.79 Å². The second-order valence-corrected chi connectivity index (χ2v) is 2.83. The van der Waals surface area contributed by atoms with Crippen molar-refractivity contribution < 1.29 is 9.53 Å². The molecule has 0 aromatic rings. The fraction of sp³-hybridized carbons (Fsp3) is 0.800. The van der Waals surface area contributed by atoms with E-state index >= 15 is 0 Å². The topological polar surface area (TPSA) is 26.3 Å². The van der Waals surface area contributed by atoms with Gasteiger partial charge >= 0.3 is 5.97 Å². The Balaban J connectivity index is 3.06. The monoisotopic (exact) mass is 168 g/mol. The van der Waals surface area contributed by atoms with Crippen LogP contribution in [0.5, 0.6) is 0 Å². The molecule has 0 heterocycles. The van der Waals surface area contributed by atoms with Crippen molar-refractivity contribution >= 4 is 29.3 Å². The fourth-order valence-electron chi connectivity index (χ4n) is 0.325. The molecule has 0 radical (unpaired) electrons. The summed E-state index contributed by atoms with van der Waals surface area (Å²) in [4.78, 5) is 10.5. The first kappa shape index (κ1) is 9.11. The van der Waals surface area contributed by atoms with Crippen LogP contribution in [-0.2, 0) is 9.53 Å². The Labute approximate surface area is 63.9 Å². The van der Waals surface area contributed by atoms with E-state index in [0.29, 0.717) is 17.6 Å². The number of thioether (sulfide) groups is 1. The summed E-state index contributed by atoms with van der Waals surface area (Å²) in [7, 11) is 0. The van der Waals surface area contributed by atoms with Crippen molar-refractivity contribution in [1.82, 2.24) is 0 Å². The number of hydrogen-bond donors (Lipinski definition) is 0. The van der Waals surface area contributed by atoms with Crippen LogP contribution < -0.4 is 0 Å². The predicted octanol–water partition coefficient (Wildman–Crippen LogP) is 1.48. The fourth-order valence-corrected chi connectivity index (χ4v) is 0.883.